The van der Waals surface area contributed by atoms with E-state index in [4.69, 9.17) is 0 Å². The minimum atomic E-state index is -0.583. The first-order valence-corrected chi connectivity index (χ1v) is 9.67. The van der Waals surface area contributed by atoms with Gasteiger partial charge in [0.2, 0.25) is 5.82 Å². The SMILES string of the molecule is Cc1ccccc1-n1nc(C(=O)Nc2ccccc2F)nc1-c1ccc(Br)cc1. The summed E-state index contributed by atoms with van der Waals surface area (Å²) in [6, 6.07) is 21.2. The molecule has 0 radical (unpaired) electrons. The molecule has 5 nitrogen and oxygen atoms in total. The standard InChI is InChI=1S/C22H16BrFN4O/c1-14-6-2-5-9-19(14)28-21(15-10-12-16(23)13-11-15)26-20(27-28)22(29)25-18-8-4-3-7-17(18)24/h2-13H,1H3,(H,25,29). The van der Waals surface area contributed by atoms with Gasteiger partial charge in [-0.3, -0.25) is 4.79 Å². The molecule has 0 aliphatic heterocycles. The van der Waals surface area contributed by atoms with Crippen molar-refractivity contribution in [1.29, 1.82) is 0 Å². The zero-order valence-corrected chi connectivity index (χ0v) is 17.0. The summed E-state index contributed by atoms with van der Waals surface area (Å²) < 4.78 is 16.5. The third-order valence-corrected chi connectivity index (χ3v) is 4.91. The number of anilines is 1. The Labute approximate surface area is 175 Å². The van der Waals surface area contributed by atoms with Crippen molar-refractivity contribution in [1.82, 2.24) is 14.8 Å². The molecule has 1 heterocycles. The largest absolute Gasteiger partial charge is 0.317 e. The Hall–Kier alpha value is -3.32. The van der Waals surface area contributed by atoms with Gasteiger partial charge >= 0.3 is 0 Å². The van der Waals surface area contributed by atoms with Crippen molar-refractivity contribution in [3.05, 3.63) is 94.5 Å². The quantitative estimate of drug-likeness (QED) is 0.452. The molecule has 1 N–H and O–H groups in total. The van der Waals surface area contributed by atoms with Crippen LogP contribution in [0.25, 0.3) is 17.1 Å². The van der Waals surface area contributed by atoms with Gasteiger partial charge in [-0.25, -0.2) is 14.1 Å². The maximum atomic E-state index is 13.9. The van der Waals surface area contributed by atoms with Crippen LogP contribution < -0.4 is 5.32 Å². The van der Waals surface area contributed by atoms with Crippen LogP contribution in [0.5, 0.6) is 0 Å². The zero-order chi connectivity index (χ0) is 20.4. The van der Waals surface area contributed by atoms with E-state index in [9.17, 15) is 9.18 Å². The van der Waals surface area contributed by atoms with Gasteiger partial charge in [-0.05, 0) is 42.8 Å². The number of nitrogens with one attached hydrogen (secondary N) is 1. The molecular weight excluding hydrogens is 435 g/mol. The van der Waals surface area contributed by atoms with Gasteiger partial charge in [0.25, 0.3) is 5.91 Å². The molecule has 0 saturated heterocycles. The van der Waals surface area contributed by atoms with E-state index < -0.39 is 11.7 Å². The van der Waals surface area contributed by atoms with Gasteiger partial charge in [0.1, 0.15) is 5.82 Å². The Kier molecular flexibility index (Phi) is 5.22. The second kappa shape index (κ2) is 7.97. The number of benzene rings is 3. The summed E-state index contributed by atoms with van der Waals surface area (Å²) >= 11 is 3.42. The van der Waals surface area contributed by atoms with Crippen molar-refractivity contribution in [2.75, 3.05) is 5.32 Å². The van der Waals surface area contributed by atoms with Crippen molar-refractivity contribution in [2.45, 2.75) is 6.92 Å². The number of aryl methyl sites for hydroxylation is 1. The summed E-state index contributed by atoms with van der Waals surface area (Å²) in [5.41, 5.74) is 2.67. The van der Waals surface area contributed by atoms with E-state index in [0.29, 0.717) is 5.82 Å². The fourth-order valence-electron chi connectivity index (χ4n) is 2.90. The van der Waals surface area contributed by atoms with E-state index in [1.54, 1.807) is 16.8 Å². The topological polar surface area (TPSA) is 59.8 Å². The van der Waals surface area contributed by atoms with E-state index in [1.807, 2.05) is 55.5 Å². The van der Waals surface area contributed by atoms with Crippen molar-refractivity contribution < 1.29 is 9.18 Å². The number of carbonyl (C=O) groups excluding carboxylic acids is 1. The number of halogens is 2. The zero-order valence-electron chi connectivity index (χ0n) is 15.4. The molecule has 0 aliphatic carbocycles. The lowest BCUT2D eigenvalue weighted by Crippen LogP contribution is -2.15. The van der Waals surface area contributed by atoms with Gasteiger partial charge in [-0.2, -0.15) is 0 Å². The fourth-order valence-corrected chi connectivity index (χ4v) is 3.17. The Balaban J connectivity index is 1.79. The molecule has 1 amide bonds. The van der Waals surface area contributed by atoms with E-state index in [-0.39, 0.29) is 11.5 Å². The summed E-state index contributed by atoms with van der Waals surface area (Å²) in [5.74, 6) is -0.631. The lowest BCUT2D eigenvalue weighted by atomic mass is 10.2. The van der Waals surface area contributed by atoms with Crippen molar-refractivity contribution in [3.8, 4) is 17.1 Å². The van der Waals surface area contributed by atoms with Crippen LogP contribution in [0.2, 0.25) is 0 Å². The molecule has 0 bridgehead atoms. The second-order valence-electron chi connectivity index (χ2n) is 6.40. The average molecular weight is 451 g/mol. The first-order valence-electron chi connectivity index (χ1n) is 8.88. The van der Waals surface area contributed by atoms with Crippen LogP contribution in [0.15, 0.2) is 77.3 Å². The summed E-state index contributed by atoms with van der Waals surface area (Å²) in [5, 5.41) is 6.96. The van der Waals surface area contributed by atoms with E-state index in [2.05, 4.69) is 31.3 Å². The number of nitrogens with zero attached hydrogens (tertiary/aromatic N) is 3. The lowest BCUT2D eigenvalue weighted by molar-refractivity contribution is 0.101. The highest BCUT2D eigenvalue weighted by molar-refractivity contribution is 9.10. The Morgan fingerprint density at radius 2 is 1.69 bits per heavy atom. The maximum Gasteiger partial charge on any atom is 0.295 e. The molecule has 0 fully saturated rings. The smallest absolute Gasteiger partial charge is 0.295 e. The van der Waals surface area contributed by atoms with Crippen LogP contribution in [-0.4, -0.2) is 20.7 Å². The first-order chi connectivity index (χ1) is 14.0. The van der Waals surface area contributed by atoms with Crippen molar-refractivity contribution in [2.24, 2.45) is 0 Å². The molecule has 4 rings (SSSR count). The number of carbonyl (C=O) groups is 1. The van der Waals surface area contributed by atoms with Crippen LogP contribution >= 0.6 is 15.9 Å². The summed E-state index contributed by atoms with van der Waals surface area (Å²) in [6.45, 7) is 1.96. The summed E-state index contributed by atoms with van der Waals surface area (Å²) in [4.78, 5) is 17.2. The lowest BCUT2D eigenvalue weighted by Gasteiger charge is -2.08. The van der Waals surface area contributed by atoms with Crippen LogP contribution in [0.4, 0.5) is 10.1 Å². The van der Waals surface area contributed by atoms with Gasteiger partial charge in [0, 0.05) is 10.0 Å². The molecule has 1 aromatic heterocycles. The molecule has 3 aromatic carbocycles. The van der Waals surface area contributed by atoms with Gasteiger partial charge in [0.05, 0.1) is 11.4 Å². The van der Waals surface area contributed by atoms with Crippen LogP contribution in [-0.2, 0) is 0 Å². The van der Waals surface area contributed by atoms with Crippen LogP contribution in [0, 0.1) is 12.7 Å². The third kappa shape index (κ3) is 3.95. The number of hydrogen-bond acceptors (Lipinski definition) is 3. The Morgan fingerprint density at radius 1 is 1.00 bits per heavy atom. The average Bonchev–Trinajstić information content (AvgIpc) is 3.16. The molecule has 0 saturated carbocycles. The summed E-state index contributed by atoms with van der Waals surface area (Å²) in [7, 11) is 0. The highest BCUT2D eigenvalue weighted by Gasteiger charge is 2.20. The van der Waals surface area contributed by atoms with Crippen molar-refractivity contribution in [3.63, 3.8) is 0 Å². The van der Waals surface area contributed by atoms with Gasteiger partial charge in [-0.15, -0.1) is 5.10 Å². The Bertz CT molecular complexity index is 1190. The molecule has 4 aromatic rings. The minimum absolute atomic E-state index is 0.0468. The summed E-state index contributed by atoms with van der Waals surface area (Å²) in [6.07, 6.45) is 0. The van der Waals surface area contributed by atoms with Crippen molar-refractivity contribution >= 4 is 27.5 Å². The highest BCUT2D eigenvalue weighted by atomic mass is 79.9. The maximum absolute atomic E-state index is 13.9. The van der Waals surface area contributed by atoms with Crippen LogP contribution in [0.3, 0.4) is 0 Å². The molecular formula is C22H16BrFN4O. The number of aromatic nitrogens is 3. The van der Waals surface area contributed by atoms with E-state index in [0.717, 1.165) is 21.3 Å². The highest BCUT2D eigenvalue weighted by Crippen LogP contribution is 2.25. The Morgan fingerprint density at radius 3 is 2.41 bits per heavy atom. The number of para-hydroxylation sites is 2. The second-order valence-corrected chi connectivity index (χ2v) is 7.31. The monoisotopic (exact) mass is 450 g/mol. The first kappa shape index (κ1) is 19.0. The van der Waals surface area contributed by atoms with E-state index in [1.165, 1.54) is 12.1 Å². The number of rotatable bonds is 4. The van der Waals surface area contributed by atoms with Crippen LogP contribution in [0.1, 0.15) is 16.2 Å². The fraction of sp³-hybridized carbons (Fsp3) is 0.0455. The number of hydrogen-bond donors (Lipinski definition) is 1. The molecule has 7 heteroatoms. The predicted octanol–water partition coefficient (Wildman–Crippen LogP) is 5.40. The number of amides is 1. The normalized spacial score (nSPS) is 10.7. The third-order valence-electron chi connectivity index (χ3n) is 4.38. The van der Waals surface area contributed by atoms with Gasteiger partial charge in [-0.1, -0.05) is 58.4 Å². The van der Waals surface area contributed by atoms with Gasteiger partial charge in [0.15, 0.2) is 5.82 Å². The van der Waals surface area contributed by atoms with Gasteiger partial charge < -0.3 is 5.32 Å². The minimum Gasteiger partial charge on any atom is -0.317 e. The molecule has 0 unspecified atom stereocenters. The predicted molar refractivity (Wildman–Crippen MR) is 114 cm³/mol. The molecule has 0 aliphatic rings. The molecule has 29 heavy (non-hydrogen) atoms. The molecule has 144 valence electrons. The van der Waals surface area contributed by atoms with E-state index >= 15 is 0 Å². The molecule has 0 atom stereocenters. The molecule has 0 spiro atoms.